The Morgan fingerprint density at radius 2 is 1.81 bits per heavy atom. The van der Waals surface area contributed by atoms with Crippen LogP contribution in [0.2, 0.25) is 0 Å². The third-order valence-corrected chi connectivity index (χ3v) is 2.86. The highest BCUT2D eigenvalue weighted by Crippen LogP contribution is 2.09. The van der Waals surface area contributed by atoms with Gasteiger partial charge in [0.25, 0.3) is 0 Å². The van der Waals surface area contributed by atoms with Gasteiger partial charge in [-0.15, -0.1) is 48.0 Å². The van der Waals surface area contributed by atoms with Crippen LogP contribution in [0.5, 0.6) is 0 Å². The van der Waals surface area contributed by atoms with Gasteiger partial charge < -0.3 is 4.90 Å². The van der Waals surface area contributed by atoms with Crippen molar-refractivity contribution in [3.05, 3.63) is 30.1 Å². The first-order valence-electron chi connectivity index (χ1n) is 5.57. The van der Waals surface area contributed by atoms with Crippen molar-refractivity contribution in [2.24, 2.45) is 0 Å². The van der Waals surface area contributed by atoms with Crippen molar-refractivity contribution in [3.8, 4) is 0 Å². The Hall–Kier alpha value is 0.570. The molecule has 1 aromatic rings. The maximum absolute atomic E-state index is 4.34. The normalized spacial score (nSPS) is 16.0. The van der Waals surface area contributed by atoms with Gasteiger partial charge in [-0.2, -0.15) is 0 Å². The van der Waals surface area contributed by atoms with E-state index in [0.717, 1.165) is 6.42 Å². The number of halogens is 2. The fraction of sp³-hybridized carbons (Fsp3) is 0.583. The summed E-state index contributed by atoms with van der Waals surface area (Å²) in [5.74, 6) is 0. The van der Waals surface area contributed by atoms with Gasteiger partial charge in [-0.25, -0.2) is 0 Å². The molecule has 0 amide bonds. The third-order valence-electron chi connectivity index (χ3n) is 2.86. The molecule has 1 aromatic heterocycles. The first kappa shape index (κ1) is 16.6. The van der Waals surface area contributed by atoms with Gasteiger partial charge in [0.2, 0.25) is 0 Å². The van der Waals surface area contributed by atoms with Crippen LogP contribution >= 0.6 is 48.0 Å². The standard InChI is InChI=1S/C12H18N2.2HI/c1-4-9-14(10-5-1)11-7-12-6-2-3-8-13-12;;/h2-3,6,8H,1,4-5,7,9-11H2;2*1H. The minimum absolute atomic E-state index is 0. The van der Waals surface area contributed by atoms with Crippen LogP contribution in [-0.4, -0.2) is 29.5 Å². The highest BCUT2D eigenvalue weighted by Gasteiger charge is 2.09. The van der Waals surface area contributed by atoms with Crippen molar-refractivity contribution in [1.29, 1.82) is 0 Å². The SMILES string of the molecule is I.I.c1ccc(CCN2CCCCC2)nc1. The average molecular weight is 446 g/mol. The van der Waals surface area contributed by atoms with Gasteiger partial charge in [0.05, 0.1) is 0 Å². The van der Waals surface area contributed by atoms with Crippen LogP contribution in [0.4, 0.5) is 0 Å². The molecule has 2 nitrogen and oxygen atoms in total. The van der Waals surface area contributed by atoms with E-state index >= 15 is 0 Å². The van der Waals surface area contributed by atoms with Crippen LogP contribution in [0, 0.1) is 0 Å². The molecule has 92 valence electrons. The average Bonchev–Trinajstić information content (AvgIpc) is 2.29. The molecule has 0 atom stereocenters. The van der Waals surface area contributed by atoms with Crippen molar-refractivity contribution in [2.75, 3.05) is 19.6 Å². The lowest BCUT2D eigenvalue weighted by Gasteiger charge is -2.26. The summed E-state index contributed by atoms with van der Waals surface area (Å²) in [6.45, 7) is 3.75. The first-order chi connectivity index (χ1) is 6.95. The monoisotopic (exact) mass is 446 g/mol. The third kappa shape index (κ3) is 5.77. The quantitative estimate of drug-likeness (QED) is 0.663. The molecule has 4 heteroatoms. The topological polar surface area (TPSA) is 16.1 Å². The molecule has 1 fully saturated rings. The summed E-state index contributed by atoms with van der Waals surface area (Å²) in [6, 6.07) is 6.16. The molecule has 0 radical (unpaired) electrons. The summed E-state index contributed by atoms with van der Waals surface area (Å²) in [5, 5.41) is 0. The largest absolute Gasteiger partial charge is 0.303 e. The number of aromatic nitrogens is 1. The van der Waals surface area contributed by atoms with E-state index < -0.39 is 0 Å². The number of hydrogen-bond donors (Lipinski definition) is 0. The first-order valence-corrected chi connectivity index (χ1v) is 5.57. The molecule has 16 heavy (non-hydrogen) atoms. The summed E-state index contributed by atoms with van der Waals surface area (Å²) >= 11 is 0. The number of likely N-dealkylation sites (tertiary alicyclic amines) is 1. The van der Waals surface area contributed by atoms with E-state index in [9.17, 15) is 0 Å². The van der Waals surface area contributed by atoms with Crippen LogP contribution in [0.1, 0.15) is 25.0 Å². The zero-order chi connectivity index (χ0) is 9.64. The van der Waals surface area contributed by atoms with E-state index in [1.807, 2.05) is 12.3 Å². The Labute approximate surface area is 132 Å². The molecule has 0 spiro atoms. The van der Waals surface area contributed by atoms with Gasteiger partial charge >= 0.3 is 0 Å². The molecule has 0 aliphatic carbocycles. The number of hydrogen-bond acceptors (Lipinski definition) is 2. The molecule has 0 N–H and O–H groups in total. The van der Waals surface area contributed by atoms with Crippen LogP contribution in [0.25, 0.3) is 0 Å². The second-order valence-electron chi connectivity index (χ2n) is 3.97. The molecule has 2 heterocycles. The van der Waals surface area contributed by atoms with Gasteiger partial charge in [0, 0.05) is 24.9 Å². The highest BCUT2D eigenvalue weighted by atomic mass is 127. The molecule has 0 bridgehead atoms. The zero-order valence-corrected chi connectivity index (χ0v) is 14.1. The van der Waals surface area contributed by atoms with Crippen LogP contribution in [0.3, 0.4) is 0 Å². The van der Waals surface area contributed by atoms with Gasteiger partial charge in [-0.3, -0.25) is 4.98 Å². The summed E-state index contributed by atoms with van der Waals surface area (Å²) in [6.07, 6.45) is 7.15. The minimum atomic E-state index is 0. The molecule has 1 saturated heterocycles. The molecule has 0 unspecified atom stereocenters. The lowest BCUT2D eigenvalue weighted by Crippen LogP contribution is -2.31. The highest BCUT2D eigenvalue weighted by molar-refractivity contribution is 14.0. The van der Waals surface area contributed by atoms with Gasteiger partial charge in [-0.05, 0) is 38.1 Å². The second-order valence-corrected chi connectivity index (χ2v) is 3.97. The molecule has 2 rings (SSSR count). The molecular formula is C12H20I2N2. The zero-order valence-electron chi connectivity index (χ0n) is 9.47. The summed E-state index contributed by atoms with van der Waals surface area (Å²) in [5.41, 5.74) is 1.22. The van der Waals surface area contributed by atoms with E-state index in [-0.39, 0.29) is 48.0 Å². The summed E-state index contributed by atoms with van der Waals surface area (Å²) in [7, 11) is 0. The second kappa shape index (κ2) is 9.58. The lowest BCUT2D eigenvalue weighted by atomic mass is 10.1. The molecule has 1 aliphatic heterocycles. The van der Waals surface area contributed by atoms with E-state index in [4.69, 9.17) is 0 Å². The Morgan fingerprint density at radius 1 is 1.06 bits per heavy atom. The van der Waals surface area contributed by atoms with Crippen molar-refractivity contribution in [2.45, 2.75) is 25.7 Å². The van der Waals surface area contributed by atoms with Crippen molar-refractivity contribution >= 4 is 48.0 Å². The van der Waals surface area contributed by atoms with Crippen LogP contribution < -0.4 is 0 Å². The van der Waals surface area contributed by atoms with Crippen molar-refractivity contribution in [3.63, 3.8) is 0 Å². The number of pyridine rings is 1. The van der Waals surface area contributed by atoms with Gasteiger partial charge in [-0.1, -0.05) is 12.5 Å². The molecule has 1 aliphatic rings. The number of rotatable bonds is 3. The maximum atomic E-state index is 4.34. The Bertz CT molecular complexity index is 261. The maximum Gasteiger partial charge on any atom is 0.0416 e. The Morgan fingerprint density at radius 3 is 2.44 bits per heavy atom. The molecule has 0 aromatic carbocycles. The lowest BCUT2D eigenvalue weighted by molar-refractivity contribution is 0.231. The van der Waals surface area contributed by atoms with E-state index in [1.54, 1.807) is 0 Å². The van der Waals surface area contributed by atoms with E-state index in [0.29, 0.717) is 0 Å². The fourth-order valence-corrected chi connectivity index (χ4v) is 2.00. The predicted molar refractivity (Wildman–Crippen MR) is 89.1 cm³/mol. The van der Waals surface area contributed by atoms with Crippen molar-refractivity contribution < 1.29 is 0 Å². The van der Waals surface area contributed by atoms with E-state index in [1.165, 1.54) is 44.6 Å². The summed E-state index contributed by atoms with van der Waals surface area (Å²) in [4.78, 5) is 6.89. The Kier molecular flexibility index (Phi) is 9.93. The molecule has 0 saturated carbocycles. The van der Waals surface area contributed by atoms with Gasteiger partial charge in [0.15, 0.2) is 0 Å². The number of nitrogens with zero attached hydrogens (tertiary/aromatic N) is 2. The van der Waals surface area contributed by atoms with Gasteiger partial charge in [0.1, 0.15) is 0 Å². The fourth-order valence-electron chi connectivity index (χ4n) is 2.00. The van der Waals surface area contributed by atoms with E-state index in [2.05, 4.69) is 22.0 Å². The predicted octanol–water partition coefficient (Wildman–Crippen LogP) is 3.35. The van der Waals surface area contributed by atoms with Crippen LogP contribution in [0.15, 0.2) is 24.4 Å². The smallest absolute Gasteiger partial charge is 0.0416 e. The Balaban J connectivity index is 0.00000112. The molecular weight excluding hydrogens is 426 g/mol. The number of piperidine rings is 1. The van der Waals surface area contributed by atoms with Crippen molar-refractivity contribution in [1.82, 2.24) is 9.88 Å². The summed E-state index contributed by atoms with van der Waals surface area (Å²) < 4.78 is 0. The minimum Gasteiger partial charge on any atom is -0.303 e. The van der Waals surface area contributed by atoms with Crippen LogP contribution in [-0.2, 0) is 6.42 Å².